The molecular weight excluding hydrogens is 255 g/mol. The number of rotatable bonds is 2. The van der Waals surface area contributed by atoms with Gasteiger partial charge in [0.1, 0.15) is 0 Å². The van der Waals surface area contributed by atoms with Gasteiger partial charge in [-0.2, -0.15) is 5.10 Å². The molecule has 2 aliphatic heterocycles. The van der Waals surface area contributed by atoms with Crippen molar-refractivity contribution >= 4 is 6.85 Å². The summed E-state index contributed by atoms with van der Waals surface area (Å²) in [7, 11) is 0. The van der Waals surface area contributed by atoms with Gasteiger partial charge in [0.25, 0.3) is 6.85 Å². The SMILES string of the molecule is Cc1cc(-c2ccccc2)n(B2C3CCCC2CCC3)n1. The van der Waals surface area contributed by atoms with Gasteiger partial charge in [-0.15, -0.1) is 0 Å². The van der Waals surface area contributed by atoms with Crippen molar-refractivity contribution in [2.45, 2.75) is 57.1 Å². The van der Waals surface area contributed by atoms with Gasteiger partial charge in [0, 0.05) is 0 Å². The van der Waals surface area contributed by atoms with E-state index >= 15 is 0 Å². The molecule has 2 aromatic rings. The molecule has 1 aromatic heterocycles. The van der Waals surface area contributed by atoms with Crippen LogP contribution in [0.15, 0.2) is 36.4 Å². The third kappa shape index (κ3) is 2.33. The van der Waals surface area contributed by atoms with Crippen molar-refractivity contribution < 1.29 is 0 Å². The summed E-state index contributed by atoms with van der Waals surface area (Å²) in [5.74, 6) is 1.69. The van der Waals surface area contributed by atoms with Crippen molar-refractivity contribution in [3.8, 4) is 11.3 Å². The molecule has 2 nitrogen and oxygen atoms in total. The first-order valence-electron chi connectivity index (χ1n) is 8.44. The maximum atomic E-state index is 4.91. The minimum atomic E-state index is 0.636. The van der Waals surface area contributed by atoms with Gasteiger partial charge in [-0.05, 0) is 30.2 Å². The van der Waals surface area contributed by atoms with E-state index in [-0.39, 0.29) is 0 Å². The molecule has 0 spiro atoms. The average molecular weight is 278 g/mol. The van der Waals surface area contributed by atoms with Crippen molar-refractivity contribution in [1.29, 1.82) is 0 Å². The quantitative estimate of drug-likeness (QED) is 0.721. The molecule has 108 valence electrons. The Morgan fingerprint density at radius 3 is 2.24 bits per heavy atom. The highest BCUT2D eigenvalue weighted by Crippen LogP contribution is 2.47. The highest BCUT2D eigenvalue weighted by Gasteiger charge is 2.42. The molecule has 2 fully saturated rings. The lowest BCUT2D eigenvalue weighted by Crippen LogP contribution is -2.42. The first-order chi connectivity index (χ1) is 10.3. The zero-order valence-electron chi connectivity index (χ0n) is 12.8. The Morgan fingerprint density at radius 2 is 1.62 bits per heavy atom. The predicted molar refractivity (Wildman–Crippen MR) is 88.8 cm³/mol. The maximum Gasteiger partial charge on any atom is 0.290 e. The normalized spacial score (nSPS) is 25.1. The summed E-state index contributed by atoms with van der Waals surface area (Å²) in [6.07, 6.45) is 8.44. The van der Waals surface area contributed by atoms with Crippen molar-refractivity contribution in [1.82, 2.24) is 9.69 Å². The van der Waals surface area contributed by atoms with Crippen LogP contribution in [0.1, 0.15) is 44.2 Å². The summed E-state index contributed by atoms with van der Waals surface area (Å²) < 4.78 is 2.39. The molecule has 2 aliphatic rings. The Balaban J connectivity index is 1.78. The molecule has 21 heavy (non-hydrogen) atoms. The van der Waals surface area contributed by atoms with Crippen LogP contribution in [0.4, 0.5) is 0 Å². The van der Waals surface area contributed by atoms with E-state index in [2.05, 4.69) is 47.9 Å². The molecule has 1 aromatic carbocycles. The number of aromatic nitrogens is 2. The largest absolute Gasteiger partial charge is 0.310 e. The van der Waals surface area contributed by atoms with E-state index in [9.17, 15) is 0 Å². The van der Waals surface area contributed by atoms with Crippen molar-refractivity contribution in [3.63, 3.8) is 0 Å². The molecule has 0 N–H and O–H groups in total. The van der Waals surface area contributed by atoms with E-state index < -0.39 is 0 Å². The summed E-state index contributed by atoms with van der Waals surface area (Å²) in [5.41, 5.74) is 3.77. The standard InChI is InChI=1S/C18H23BN2/c1-14-13-18(15-7-3-2-4-8-15)21(20-14)19-16-9-5-10-17(19)12-6-11-16/h2-4,7-8,13,16-17H,5-6,9-12H2,1H3. The Hall–Kier alpha value is -1.51. The number of hydrogen-bond acceptors (Lipinski definition) is 1. The Morgan fingerprint density at radius 1 is 1.00 bits per heavy atom. The molecule has 0 aliphatic carbocycles. The van der Waals surface area contributed by atoms with E-state index in [0.717, 1.165) is 17.3 Å². The van der Waals surface area contributed by atoms with Crippen LogP contribution in [0.25, 0.3) is 11.3 Å². The molecule has 0 unspecified atom stereocenters. The van der Waals surface area contributed by atoms with Gasteiger partial charge in [-0.1, -0.05) is 68.9 Å². The topological polar surface area (TPSA) is 17.8 Å². The lowest BCUT2D eigenvalue weighted by molar-refractivity contribution is 0.433. The van der Waals surface area contributed by atoms with Crippen LogP contribution in [0, 0.1) is 6.92 Å². The minimum Gasteiger partial charge on any atom is -0.310 e. The Bertz CT molecular complexity index is 597. The summed E-state index contributed by atoms with van der Waals surface area (Å²) in [4.78, 5) is 0. The molecule has 3 heteroatoms. The smallest absolute Gasteiger partial charge is 0.290 e. The number of benzene rings is 1. The zero-order valence-corrected chi connectivity index (χ0v) is 12.8. The fourth-order valence-corrected chi connectivity index (χ4v) is 4.61. The predicted octanol–water partition coefficient (Wildman–Crippen LogP) is 4.81. The van der Waals surface area contributed by atoms with Crippen LogP contribution < -0.4 is 0 Å². The van der Waals surface area contributed by atoms with Crippen molar-refractivity contribution in [2.75, 3.05) is 0 Å². The second-order valence-electron chi connectivity index (χ2n) is 6.85. The van der Waals surface area contributed by atoms with Crippen LogP contribution >= 0.6 is 0 Å². The maximum absolute atomic E-state index is 4.91. The van der Waals surface area contributed by atoms with Crippen LogP contribution in [0.2, 0.25) is 11.6 Å². The molecule has 0 atom stereocenters. The van der Waals surface area contributed by atoms with Crippen LogP contribution in [0.5, 0.6) is 0 Å². The highest BCUT2D eigenvalue weighted by molar-refractivity contribution is 6.61. The fraction of sp³-hybridized carbons (Fsp3) is 0.500. The van der Waals surface area contributed by atoms with Gasteiger partial charge in [-0.3, -0.25) is 0 Å². The van der Waals surface area contributed by atoms with Crippen LogP contribution in [-0.4, -0.2) is 16.5 Å². The summed E-state index contributed by atoms with van der Waals surface area (Å²) in [6, 6.07) is 13.0. The molecule has 0 saturated carbocycles. The van der Waals surface area contributed by atoms with E-state index in [0.29, 0.717) is 6.85 Å². The number of nitrogens with zero attached hydrogens (tertiary/aromatic N) is 2. The molecule has 0 radical (unpaired) electrons. The third-order valence-electron chi connectivity index (χ3n) is 5.48. The van der Waals surface area contributed by atoms with E-state index in [1.807, 2.05) is 0 Å². The number of hydrogen-bond donors (Lipinski definition) is 0. The van der Waals surface area contributed by atoms with Gasteiger partial charge in [-0.25, -0.2) is 0 Å². The summed E-state index contributed by atoms with van der Waals surface area (Å²) >= 11 is 0. The van der Waals surface area contributed by atoms with Gasteiger partial charge in [0.2, 0.25) is 0 Å². The van der Waals surface area contributed by atoms with E-state index in [4.69, 9.17) is 5.10 Å². The Labute approximate surface area is 127 Å². The van der Waals surface area contributed by atoms with Gasteiger partial charge in [0.15, 0.2) is 0 Å². The van der Waals surface area contributed by atoms with Crippen molar-refractivity contribution in [2.24, 2.45) is 0 Å². The first kappa shape index (κ1) is 13.2. The summed E-state index contributed by atoms with van der Waals surface area (Å²) in [6.45, 7) is 2.76. The second kappa shape index (κ2) is 5.36. The molecule has 0 amide bonds. The Kier molecular flexibility index (Phi) is 3.36. The molecule has 2 saturated heterocycles. The van der Waals surface area contributed by atoms with Crippen LogP contribution in [-0.2, 0) is 0 Å². The number of aryl methyl sites for hydroxylation is 1. The van der Waals surface area contributed by atoms with Gasteiger partial charge >= 0.3 is 0 Å². The van der Waals surface area contributed by atoms with E-state index in [1.54, 1.807) is 0 Å². The molecule has 2 bridgehead atoms. The second-order valence-corrected chi connectivity index (χ2v) is 6.85. The first-order valence-corrected chi connectivity index (χ1v) is 8.44. The van der Waals surface area contributed by atoms with E-state index in [1.165, 1.54) is 49.8 Å². The fourth-order valence-electron chi connectivity index (χ4n) is 4.61. The minimum absolute atomic E-state index is 0.636. The highest BCUT2D eigenvalue weighted by atomic mass is 15.2. The molecular formula is C18H23BN2. The van der Waals surface area contributed by atoms with Gasteiger partial charge < -0.3 is 4.59 Å². The summed E-state index contributed by atoms with van der Waals surface area (Å²) in [5, 5.41) is 4.91. The van der Waals surface area contributed by atoms with Crippen molar-refractivity contribution in [3.05, 3.63) is 42.1 Å². The molecule has 3 heterocycles. The number of fused-ring (bicyclic) bond motifs is 2. The zero-order chi connectivity index (χ0) is 14.2. The monoisotopic (exact) mass is 278 g/mol. The van der Waals surface area contributed by atoms with Crippen LogP contribution in [0.3, 0.4) is 0 Å². The van der Waals surface area contributed by atoms with Gasteiger partial charge in [0.05, 0.1) is 11.4 Å². The lowest BCUT2D eigenvalue weighted by Gasteiger charge is -2.40. The lowest BCUT2D eigenvalue weighted by atomic mass is 9.34. The average Bonchev–Trinajstić information content (AvgIpc) is 2.89. The third-order valence-corrected chi connectivity index (χ3v) is 5.48. The molecule has 4 rings (SSSR count).